The van der Waals surface area contributed by atoms with E-state index in [9.17, 15) is 4.79 Å². The highest BCUT2D eigenvalue weighted by Crippen LogP contribution is 2.35. The standard InChI is InChI=1S/C12H13BrClNO/c13-7-6-12(16)15-11-5-4-8-9(11)2-1-3-10(8)14/h1-3,11H,4-7H2,(H,15,16). The molecule has 2 rings (SSSR count). The van der Waals surface area contributed by atoms with E-state index in [1.165, 1.54) is 11.1 Å². The Morgan fingerprint density at radius 2 is 2.38 bits per heavy atom. The molecule has 0 aromatic heterocycles. The van der Waals surface area contributed by atoms with E-state index in [2.05, 4.69) is 21.2 Å². The first-order valence-corrected chi connectivity index (χ1v) is 6.85. The zero-order valence-corrected chi connectivity index (χ0v) is 11.1. The summed E-state index contributed by atoms with van der Waals surface area (Å²) in [4.78, 5) is 11.5. The molecule has 0 fully saturated rings. The minimum atomic E-state index is 0.0923. The van der Waals surface area contributed by atoms with Crippen molar-refractivity contribution in [2.75, 3.05) is 5.33 Å². The Hall–Kier alpha value is -0.540. The van der Waals surface area contributed by atoms with Crippen molar-refractivity contribution in [3.63, 3.8) is 0 Å². The molecule has 1 amide bonds. The summed E-state index contributed by atoms with van der Waals surface area (Å²) < 4.78 is 0. The second kappa shape index (κ2) is 5.19. The van der Waals surface area contributed by atoms with Crippen LogP contribution in [-0.2, 0) is 11.2 Å². The molecule has 0 aliphatic heterocycles. The van der Waals surface area contributed by atoms with Crippen LogP contribution < -0.4 is 5.32 Å². The summed E-state index contributed by atoms with van der Waals surface area (Å²) in [5.41, 5.74) is 2.36. The van der Waals surface area contributed by atoms with E-state index in [-0.39, 0.29) is 11.9 Å². The van der Waals surface area contributed by atoms with E-state index in [0.717, 1.165) is 17.9 Å². The van der Waals surface area contributed by atoms with Crippen LogP contribution in [0.3, 0.4) is 0 Å². The Morgan fingerprint density at radius 3 is 3.12 bits per heavy atom. The molecule has 2 nitrogen and oxygen atoms in total. The van der Waals surface area contributed by atoms with E-state index in [1.807, 2.05) is 18.2 Å². The number of halogens is 2. The zero-order chi connectivity index (χ0) is 11.5. The molecule has 0 spiro atoms. The lowest BCUT2D eigenvalue weighted by Crippen LogP contribution is -2.27. The third-order valence-corrected chi connectivity index (χ3v) is 3.62. The number of amides is 1. The second-order valence-electron chi connectivity index (χ2n) is 3.91. The van der Waals surface area contributed by atoms with E-state index in [0.29, 0.717) is 11.8 Å². The summed E-state index contributed by atoms with van der Waals surface area (Å²) in [5.74, 6) is 0.0923. The van der Waals surface area contributed by atoms with Gasteiger partial charge in [-0.1, -0.05) is 39.7 Å². The van der Waals surface area contributed by atoms with Crippen LogP contribution in [0.1, 0.15) is 30.0 Å². The summed E-state index contributed by atoms with van der Waals surface area (Å²) in [6, 6.07) is 6.03. The van der Waals surface area contributed by atoms with Crippen molar-refractivity contribution in [2.24, 2.45) is 0 Å². The first kappa shape index (κ1) is 11.9. The molecule has 1 aliphatic carbocycles. The molecule has 0 bridgehead atoms. The van der Waals surface area contributed by atoms with Gasteiger partial charge in [-0.2, -0.15) is 0 Å². The fourth-order valence-corrected chi connectivity index (χ4v) is 2.75. The Labute approximate surface area is 108 Å². The van der Waals surface area contributed by atoms with Gasteiger partial charge in [-0.05, 0) is 30.0 Å². The summed E-state index contributed by atoms with van der Waals surface area (Å²) in [6.07, 6.45) is 2.42. The van der Waals surface area contributed by atoms with Crippen molar-refractivity contribution in [3.8, 4) is 0 Å². The molecule has 1 unspecified atom stereocenters. The predicted molar refractivity (Wildman–Crippen MR) is 69.1 cm³/mol. The van der Waals surface area contributed by atoms with Gasteiger partial charge < -0.3 is 5.32 Å². The van der Waals surface area contributed by atoms with Gasteiger partial charge in [0.2, 0.25) is 5.91 Å². The minimum Gasteiger partial charge on any atom is -0.349 e. The molecule has 0 saturated carbocycles. The molecule has 1 atom stereocenters. The maximum Gasteiger partial charge on any atom is 0.221 e. The van der Waals surface area contributed by atoms with Gasteiger partial charge in [0, 0.05) is 16.8 Å². The lowest BCUT2D eigenvalue weighted by Gasteiger charge is -2.13. The molecule has 0 heterocycles. The zero-order valence-electron chi connectivity index (χ0n) is 8.80. The Bertz CT molecular complexity index is 408. The number of hydrogen-bond donors (Lipinski definition) is 1. The van der Waals surface area contributed by atoms with Gasteiger partial charge in [-0.15, -0.1) is 0 Å². The number of benzene rings is 1. The molecule has 1 N–H and O–H groups in total. The van der Waals surface area contributed by atoms with E-state index in [4.69, 9.17) is 11.6 Å². The number of alkyl halides is 1. The second-order valence-corrected chi connectivity index (χ2v) is 5.11. The summed E-state index contributed by atoms with van der Waals surface area (Å²) in [7, 11) is 0. The lowest BCUT2D eigenvalue weighted by atomic mass is 10.1. The van der Waals surface area contributed by atoms with Crippen LogP contribution in [0.5, 0.6) is 0 Å². The van der Waals surface area contributed by atoms with Crippen molar-refractivity contribution in [1.29, 1.82) is 0 Å². The van der Waals surface area contributed by atoms with Crippen LogP contribution in [-0.4, -0.2) is 11.2 Å². The van der Waals surface area contributed by atoms with E-state index >= 15 is 0 Å². The smallest absolute Gasteiger partial charge is 0.221 e. The number of hydrogen-bond acceptors (Lipinski definition) is 1. The Morgan fingerprint density at radius 1 is 1.56 bits per heavy atom. The molecular weight excluding hydrogens is 289 g/mol. The normalized spacial score (nSPS) is 18.2. The molecule has 16 heavy (non-hydrogen) atoms. The first-order chi connectivity index (χ1) is 7.72. The van der Waals surface area contributed by atoms with Gasteiger partial charge >= 0.3 is 0 Å². The van der Waals surface area contributed by atoms with Gasteiger partial charge in [-0.25, -0.2) is 0 Å². The number of carbonyl (C=O) groups is 1. The summed E-state index contributed by atoms with van der Waals surface area (Å²) in [6.45, 7) is 0. The van der Waals surface area contributed by atoms with Crippen LogP contribution in [0.4, 0.5) is 0 Å². The van der Waals surface area contributed by atoms with Crippen LogP contribution in [0.25, 0.3) is 0 Å². The van der Waals surface area contributed by atoms with E-state index in [1.54, 1.807) is 0 Å². The van der Waals surface area contributed by atoms with Gasteiger partial charge in [0.15, 0.2) is 0 Å². The number of carbonyl (C=O) groups excluding carboxylic acids is 1. The summed E-state index contributed by atoms with van der Waals surface area (Å²) >= 11 is 9.37. The van der Waals surface area contributed by atoms with Crippen molar-refractivity contribution >= 4 is 33.4 Å². The molecule has 0 radical (unpaired) electrons. The number of rotatable bonds is 3. The van der Waals surface area contributed by atoms with Crippen LogP contribution >= 0.6 is 27.5 Å². The average molecular weight is 303 g/mol. The third-order valence-electron chi connectivity index (χ3n) is 2.87. The SMILES string of the molecule is O=C(CCBr)NC1CCc2c(Cl)cccc21. The molecule has 1 aromatic rings. The highest BCUT2D eigenvalue weighted by atomic mass is 79.9. The largest absolute Gasteiger partial charge is 0.349 e. The molecular formula is C12H13BrClNO. The van der Waals surface area contributed by atoms with Gasteiger partial charge in [0.25, 0.3) is 0 Å². The van der Waals surface area contributed by atoms with Gasteiger partial charge in [0.05, 0.1) is 6.04 Å². The highest BCUT2D eigenvalue weighted by molar-refractivity contribution is 9.09. The van der Waals surface area contributed by atoms with Crippen molar-refractivity contribution in [1.82, 2.24) is 5.32 Å². The van der Waals surface area contributed by atoms with Gasteiger partial charge in [0.1, 0.15) is 0 Å². The minimum absolute atomic E-state index is 0.0923. The van der Waals surface area contributed by atoms with Crippen molar-refractivity contribution in [2.45, 2.75) is 25.3 Å². The Balaban J connectivity index is 2.12. The number of nitrogens with one attached hydrogen (secondary N) is 1. The third kappa shape index (κ3) is 2.41. The van der Waals surface area contributed by atoms with E-state index < -0.39 is 0 Å². The molecule has 4 heteroatoms. The molecule has 0 saturated heterocycles. The average Bonchev–Trinajstić information content (AvgIpc) is 2.64. The number of fused-ring (bicyclic) bond motifs is 1. The van der Waals surface area contributed by atoms with Crippen LogP contribution in [0.2, 0.25) is 5.02 Å². The quantitative estimate of drug-likeness (QED) is 0.853. The lowest BCUT2D eigenvalue weighted by molar-refractivity contribution is -0.121. The molecule has 86 valence electrons. The highest BCUT2D eigenvalue weighted by Gasteiger charge is 2.24. The maximum atomic E-state index is 11.5. The van der Waals surface area contributed by atoms with Crippen LogP contribution in [0, 0.1) is 0 Å². The van der Waals surface area contributed by atoms with Crippen LogP contribution in [0.15, 0.2) is 18.2 Å². The molecule has 1 aliphatic rings. The first-order valence-electron chi connectivity index (χ1n) is 5.35. The van der Waals surface area contributed by atoms with Crippen molar-refractivity contribution in [3.05, 3.63) is 34.3 Å². The fourth-order valence-electron chi connectivity index (χ4n) is 2.11. The maximum absolute atomic E-state index is 11.5. The fraction of sp³-hybridized carbons (Fsp3) is 0.417. The van der Waals surface area contributed by atoms with Gasteiger partial charge in [-0.3, -0.25) is 4.79 Å². The summed E-state index contributed by atoms with van der Waals surface area (Å²) in [5, 5.41) is 4.55. The molecule has 1 aromatic carbocycles. The topological polar surface area (TPSA) is 29.1 Å². The predicted octanol–water partition coefficient (Wildman–Crippen LogP) is 3.23. The Kier molecular flexibility index (Phi) is 3.87. The monoisotopic (exact) mass is 301 g/mol. The van der Waals surface area contributed by atoms with Crippen molar-refractivity contribution < 1.29 is 4.79 Å².